The summed E-state index contributed by atoms with van der Waals surface area (Å²) >= 11 is 17.8. The van der Waals surface area contributed by atoms with Gasteiger partial charge in [0.2, 0.25) is 10.0 Å². The van der Waals surface area contributed by atoms with E-state index in [9.17, 15) is 13.2 Å². The first-order valence-electron chi connectivity index (χ1n) is 6.61. The largest absolute Gasteiger partial charge is 0.321 e. The van der Waals surface area contributed by atoms with Gasteiger partial charge in [-0.3, -0.25) is 4.79 Å². The molecule has 0 atom stereocenters. The van der Waals surface area contributed by atoms with Crippen LogP contribution in [0.2, 0.25) is 15.1 Å². The highest BCUT2D eigenvalue weighted by molar-refractivity contribution is 7.89. The Morgan fingerprint density at radius 2 is 1.67 bits per heavy atom. The van der Waals surface area contributed by atoms with Crippen molar-refractivity contribution in [2.75, 3.05) is 19.4 Å². The van der Waals surface area contributed by atoms with E-state index >= 15 is 0 Å². The molecule has 0 saturated heterocycles. The fourth-order valence-electron chi connectivity index (χ4n) is 1.82. The first-order valence-corrected chi connectivity index (χ1v) is 9.19. The lowest BCUT2D eigenvalue weighted by molar-refractivity contribution is 0.102. The number of amides is 1. The summed E-state index contributed by atoms with van der Waals surface area (Å²) < 4.78 is 25.5. The van der Waals surface area contributed by atoms with Crippen molar-refractivity contribution < 1.29 is 13.2 Å². The first kappa shape index (κ1) is 19.0. The zero-order valence-electron chi connectivity index (χ0n) is 12.7. The molecule has 0 aliphatic rings. The molecule has 0 aromatic heterocycles. The molecule has 0 aliphatic carbocycles. The number of sulfonamides is 1. The van der Waals surface area contributed by atoms with Gasteiger partial charge < -0.3 is 5.32 Å². The van der Waals surface area contributed by atoms with Crippen molar-refractivity contribution >= 4 is 56.4 Å². The van der Waals surface area contributed by atoms with Gasteiger partial charge in [-0.25, -0.2) is 12.7 Å². The van der Waals surface area contributed by atoms with E-state index in [1.165, 1.54) is 38.4 Å². The summed E-state index contributed by atoms with van der Waals surface area (Å²) in [5.74, 6) is -0.522. The Morgan fingerprint density at radius 1 is 1.00 bits per heavy atom. The fraction of sp³-hybridized carbons (Fsp3) is 0.133. The van der Waals surface area contributed by atoms with E-state index in [2.05, 4.69) is 5.32 Å². The molecule has 1 amide bonds. The van der Waals surface area contributed by atoms with E-state index in [0.717, 1.165) is 4.31 Å². The summed E-state index contributed by atoms with van der Waals surface area (Å²) in [5, 5.41) is 3.34. The van der Waals surface area contributed by atoms with Gasteiger partial charge in [0.05, 0.1) is 15.7 Å². The van der Waals surface area contributed by atoms with Crippen molar-refractivity contribution in [2.45, 2.75) is 4.90 Å². The predicted molar refractivity (Wildman–Crippen MR) is 96.7 cm³/mol. The number of hydrogen-bond donors (Lipinski definition) is 1. The van der Waals surface area contributed by atoms with Crippen LogP contribution in [0.15, 0.2) is 41.3 Å². The number of benzene rings is 2. The number of nitrogens with zero attached hydrogens (tertiary/aromatic N) is 1. The molecule has 5 nitrogen and oxygen atoms in total. The topological polar surface area (TPSA) is 66.5 Å². The highest BCUT2D eigenvalue weighted by atomic mass is 35.5. The molecule has 2 rings (SSSR count). The highest BCUT2D eigenvalue weighted by Crippen LogP contribution is 2.28. The molecule has 0 spiro atoms. The minimum absolute atomic E-state index is 0.0322. The van der Waals surface area contributed by atoms with Crippen molar-refractivity contribution in [3.8, 4) is 0 Å². The Labute approximate surface area is 155 Å². The Balaban J connectivity index is 2.37. The number of carbonyl (C=O) groups excluding carboxylic acids is 1. The van der Waals surface area contributed by atoms with Crippen LogP contribution in [0, 0.1) is 0 Å². The number of anilines is 1. The molecular formula is C15H13Cl3N2O3S. The van der Waals surface area contributed by atoms with Gasteiger partial charge in [-0.2, -0.15) is 0 Å². The summed E-state index contributed by atoms with van der Waals surface area (Å²) in [5.41, 5.74) is 0.490. The smallest absolute Gasteiger partial charge is 0.255 e. The van der Waals surface area contributed by atoms with Crippen LogP contribution in [-0.2, 0) is 10.0 Å². The van der Waals surface area contributed by atoms with Crippen molar-refractivity contribution in [3.05, 3.63) is 57.0 Å². The molecule has 0 unspecified atom stereocenters. The van der Waals surface area contributed by atoms with Crippen molar-refractivity contribution in [3.63, 3.8) is 0 Å². The summed E-state index contributed by atoms with van der Waals surface area (Å²) in [6.45, 7) is 0. The lowest BCUT2D eigenvalue weighted by atomic mass is 10.2. The van der Waals surface area contributed by atoms with E-state index in [4.69, 9.17) is 34.8 Å². The molecule has 24 heavy (non-hydrogen) atoms. The van der Waals surface area contributed by atoms with Gasteiger partial charge in [0.15, 0.2) is 0 Å². The standard InChI is InChI=1S/C15H13Cl3N2O3S/c1-20(2)24(22,23)14-7-9(3-5-11(14)17)15(21)19-13-6-4-10(16)8-12(13)18/h3-8H,1-2H3,(H,19,21). The van der Waals surface area contributed by atoms with Crippen LogP contribution in [0.1, 0.15) is 10.4 Å². The lowest BCUT2D eigenvalue weighted by Gasteiger charge is -2.14. The van der Waals surface area contributed by atoms with Gasteiger partial charge in [0.25, 0.3) is 5.91 Å². The number of nitrogens with one attached hydrogen (secondary N) is 1. The number of hydrogen-bond acceptors (Lipinski definition) is 3. The third kappa shape index (κ3) is 4.02. The molecule has 128 valence electrons. The molecule has 9 heteroatoms. The monoisotopic (exact) mass is 406 g/mol. The van der Waals surface area contributed by atoms with E-state index in [0.29, 0.717) is 10.7 Å². The van der Waals surface area contributed by atoms with Gasteiger partial charge >= 0.3 is 0 Å². The van der Waals surface area contributed by atoms with Crippen molar-refractivity contribution in [2.24, 2.45) is 0 Å². The molecule has 0 fully saturated rings. The van der Waals surface area contributed by atoms with Crippen LogP contribution < -0.4 is 5.32 Å². The minimum Gasteiger partial charge on any atom is -0.321 e. The molecule has 2 aromatic rings. The Bertz CT molecular complexity index is 899. The number of carbonyl (C=O) groups is 1. The van der Waals surface area contributed by atoms with Crippen molar-refractivity contribution in [1.82, 2.24) is 4.31 Å². The van der Waals surface area contributed by atoms with E-state index in [1.54, 1.807) is 12.1 Å². The maximum atomic E-state index is 12.4. The molecule has 1 N–H and O–H groups in total. The van der Waals surface area contributed by atoms with Gasteiger partial charge in [-0.15, -0.1) is 0 Å². The molecule has 0 aliphatic heterocycles. The SMILES string of the molecule is CN(C)S(=O)(=O)c1cc(C(=O)Nc2ccc(Cl)cc2Cl)ccc1Cl. The summed E-state index contributed by atoms with van der Waals surface area (Å²) in [7, 11) is -1.01. The predicted octanol–water partition coefficient (Wildman–Crippen LogP) is 4.15. The average Bonchev–Trinajstić information content (AvgIpc) is 2.50. The van der Waals surface area contributed by atoms with E-state index in [-0.39, 0.29) is 20.5 Å². The van der Waals surface area contributed by atoms with E-state index in [1.807, 2.05) is 0 Å². The zero-order valence-corrected chi connectivity index (χ0v) is 15.8. The third-order valence-corrected chi connectivity index (χ3v) is 5.98. The Kier molecular flexibility index (Phi) is 5.78. The quantitative estimate of drug-likeness (QED) is 0.828. The van der Waals surface area contributed by atoms with E-state index < -0.39 is 15.9 Å². The van der Waals surface area contributed by atoms with Crippen LogP contribution in [-0.4, -0.2) is 32.7 Å². The Hall–Kier alpha value is -1.31. The zero-order chi connectivity index (χ0) is 18.1. The summed E-state index contributed by atoms with van der Waals surface area (Å²) in [6.07, 6.45) is 0. The molecular weight excluding hydrogens is 395 g/mol. The fourth-order valence-corrected chi connectivity index (χ4v) is 3.67. The second-order valence-corrected chi connectivity index (χ2v) is 8.38. The maximum absolute atomic E-state index is 12.4. The summed E-state index contributed by atoms with van der Waals surface area (Å²) in [4.78, 5) is 12.2. The first-order chi connectivity index (χ1) is 11.1. The second-order valence-electron chi connectivity index (χ2n) is 5.01. The van der Waals surface area contributed by atoms with Gasteiger partial charge in [-0.1, -0.05) is 34.8 Å². The van der Waals surface area contributed by atoms with Crippen LogP contribution in [0.5, 0.6) is 0 Å². The van der Waals surface area contributed by atoms with Gasteiger partial charge in [0, 0.05) is 24.7 Å². The van der Waals surface area contributed by atoms with Crippen LogP contribution in [0.25, 0.3) is 0 Å². The number of halogens is 3. The van der Waals surface area contributed by atoms with Crippen LogP contribution in [0.3, 0.4) is 0 Å². The molecule has 0 bridgehead atoms. The molecule has 0 radical (unpaired) electrons. The van der Waals surface area contributed by atoms with Crippen molar-refractivity contribution in [1.29, 1.82) is 0 Å². The highest BCUT2D eigenvalue weighted by Gasteiger charge is 2.22. The Morgan fingerprint density at radius 3 is 2.25 bits per heavy atom. The second kappa shape index (κ2) is 7.29. The molecule has 0 heterocycles. The maximum Gasteiger partial charge on any atom is 0.255 e. The normalized spacial score (nSPS) is 11.6. The van der Waals surface area contributed by atoms with Crippen LogP contribution >= 0.6 is 34.8 Å². The molecule has 0 saturated carbocycles. The number of rotatable bonds is 4. The molecule has 2 aromatic carbocycles. The van der Waals surface area contributed by atoms with Crippen LogP contribution in [0.4, 0.5) is 5.69 Å². The minimum atomic E-state index is -3.77. The van der Waals surface area contributed by atoms with Gasteiger partial charge in [0.1, 0.15) is 4.90 Å². The third-order valence-electron chi connectivity index (χ3n) is 3.13. The summed E-state index contributed by atoms with van der Waals surface area (Å²) in [6, 6.07) is 8.62. The van der Waals surface area contributed by atoms with Gasteiger partial charge in [-0.05, 0) is 36.4 Å². The lowest BCUT2D eigenvalue weighted by Crippen LogP contribution is -2.23. The average molecular weight is 408 g/mol.